The number of fused-ring (bicyclic) bond motifs is 1. The number of aromatic amines is 1. The second-order valence-electron chi connectivity index (χ2n) is 4.71. The van der Waals surface area contributed by atoms with Gasteiger partial charge in [-0.05, 0) is 31.2 Å². The van der Waals surface area contributed by atoms with Crippen LogP contribution in [0.4, 0.5) is 0 Å². The van der Waals surface area contributed by atoms with Gasteiger partial charge in [0.15, 0.2) is 6.29 Å². The Balaban J connectivity index is 2.30. The van der Waals surface area contributed by atoms with E-state index in [9.17, 15) is 4.79 Å². The third-order valence-electron chi connectivity index (χ3n) is 3.32. The van der Waals surface area contributed by atoms with Crippen LogP contribution >= 0.6 is 23.2 Å². The molecule has 2 nitrogen and oxygen atoms in total. The van der Waals surface area contributed by atoms with Crippen LogP contribution in [0.3, 0.4) is 0 Å². The zero-order chi connectivity index (χ0) is 14.3. The molecule has 20 heavy (non-hydrogen) atoms. The predicted octanol–water partition coefficient (Wildman–Crippen LogP) is 5.26. The summed E-state index contributed by atoms with van der Waals surface area (Å²) < 4.78 is 0. The highest BCUT2D eigenvalue weighted by Gasteiger charge is 2.13. The number of aldehydes is 1. The molecular weight excluding hydrogens is 293 g/mol. The van der Waals surface area contributed by atoms with E-state index in [4.69, 9.17) is 23.2 Å². The van der Waals surface area contributed by atoms with Crippen molar-refractivity contribution in [2.75, 3.05) is 0 Å². The highest BCUT2D eigenvalue weighted by molar-refractivity contribution is 6.42. The molecule has 0 fully saturated rings. The first-order valence-electron chi connectivity index (χ1n) is 6.13. The number of aromatic nitrogens is 1. The van der Waals surface area contributed by atoms with E-state index in [-0.39, 0.29) is 0 Å². The van der Waals surface area contributed by atoms with Crippen molar-refractivity contribution in [1.29, 1.82) is 0 Å². The SMILES string of the molecule is Cc1ccc2[nH]c(-c3ccc(Cl)c(Cl)c3)c(C=O)c2c1. The molecule has 3 aromatic rings. The molecule has 0 amide bonds. The number of rotatable bonds is 2. The van der Waals surface area contributed by atoms with E-state index in [0.29, 0.717) is 15.6 Å². The van der Waals surface area contributed by atoms with Crippen LogP contribution in [-0.2, 0) is 0 Å². The second kappa shape index (κ2) is 4.97. The summed E-state index contributed by atoms with van der Waals surface area (Å²) >= 11 is 12.0. The average Bonchev–Trinajstić information content (AvgIpc) is 2.79. The van der Waals surface area contributed by atoms with Crippen LogP contribution in [0.15, 0.2) is 36.4 Å². The number of nitrogens with one attached hydrogen (secondary N) is 1. The fourth-order valence-electron chi connectivity index (χ4n) is 2.33. The van der Waals surface area contributed by atoms with Gasteiger partial charge in [-0.3, -0.25) is 4.79 Å². The molecule has 0 saturated carbocycles. The normalized spacial score (nSPS) is 10.9. The summed E-state index contributed by atoms with van der Waals surface area (Å²) in [6.45, 7) is 2.00. The Labute approximate surface area is 126 Å². The second-order valence-corrected chi connectivity index (χ2v) is 5.52. The van der Waals surface area contributed by atoms with Gasteiger partial charge in [0.05, 0.1) is 15.7 Å². The van der Waals surface area contributed by atoms with Crippen molar-refractivity contribution >= 4 is 40.4 Å². The lowest BCUT2D eigenvalue weighted by Crippen LogP contribution is -1.85. The van der Waals surface area contributed by atoms with Gasteiger partial charge < -0.3 is 4.98 Å². The van der Waals surface area contributed by atoms with Crippen molar-refractivity contribution in [3.05, 3.63) is 57.6 Å². The highest BCUT2D eigenvalue weighted by Crippen LogP contribution is 2.33. The van der Waals surface area contributed by atoms with Crippen molar-refractivity contribution in [3.63, 3.8) is 0 Å². The minimum absolute atomic E-state index is 0.468. The van der Waals surface area contributed by atoms with E-state index in [2.05, 4.69) is 4.98 Å². The molecule has 1 aromatic heterocycles. The first-order chi connectivity index (χ1) is 9.60. The molecule has 0 spiro atoms. The molecule has 100 valence electrons. The van der Waals surface area contributed by atoms with Gasteiger partial charge in [0.1, 0.15) is 0 Å². The summed E-state index contributed by atoms with van der Waals surface area (Å²) in [5, 5.41) is 1.88. The van der Waals surface area contributed by atoms with Gasteiger partial charge in [0.25, 0.3) is 0 Å². The fourth-order valence-corrected chi connectivity index (χ4v) is 2.63. The molecule has 0 radical (unpaired) electrons. The summed E-state index contributed by atoms with van der Waals surface area (Å²) in [7, 11) is 0. The molecule has 0 bridgehead atoms. The van der Waals surface area contributed by atoms with E-state index < -0.39 is 0 Å². The van der Waals surface area contributed by atoms with Crippen molar-refractivity contribution in [1.82, 2.24) is 4.98 Å². The zero-order valence-electron chi connectivity index (χ0n) is 10.7. The third-order valence-corrected chi connectivity index (χ3v) is 4.06. The first-order valence-corrected chi connectivity index (χ1v) is 6.88. The quantitative estimate of drug-likeness (QED) is 0.643. The van der Waals surface area contributed by atoms with Crippen LogP contribution in [0.2, 0.25) is 10.0 Å². The Kier molecular flexibility index (Phi) is 3.28. The number of hydrogen-bond donors (Lipinski definition) is 1. The molecule has 4 heteroatoms. The van der Waals surface area contributed by atoms with Crippen molar-refractivity contribution in [2.45, 2.75) is 6.92 Å². The van der Waals surface area contributed by atoms with Crippen LogP contribution in [0.1, 0.15) is 15.9 Å². The number of halogens is 2. The lowest BCUT2D eigenvalue weighted by Gasteiger charge is -2.02. The van der Waals surface area contributed by atoms with Gasteiger partial charge in [0.2, 0.25) is 0 Å². The number of carbonyl (C=O) groups excluding carboxylic acids is 1. The molecule has 0 aliphatic carbocycles. The van der Waals surface area contributed by atoms with Gasteiger partial charge in [-0.1, -0.05) is 40.9 Å². The summed E-state index contributed by atoms with van der Waals surface area (Å²) in [6, 6.07) is 11.3. The monoisotopic (exact) mass is 303 g/mol. The van der Waals surface area contributed by atoms with Crippen LogP contribution in [0, 0.1) is 6.92 Å². The largest absolute Gasteiger partial charge is 0.354 e. The molecule has 1 N–H and O–H groups in total. The predicted molar refractivity (Wildman–Crippen MR) is 83.9 cm³/mol. The Hall–Kier alpha value is -1.77. The Morgan fingerprint density at radius 3 is 2.55 bits per heavy atom. The number of H-pyrrole nitrogens is 1. The van der Waals surface area contributed by atoms with E-state index in [1.807, 2.05) is 31.2 Å². The van der Waals surface area contributed by atoms with Gasteiger partial charge in [-0.15, -0.1) is 0 Å². The van der Waals surface area contributed by atoms with Crippen LogP contribution < -0.4 is 0 Å². The number of benzene rings is 2. The van der Waals surface area contributed by atoms with Crippen molar-refractivity contribution in [3.8, 4) is 11.3 Å². The van der Waals surface area contributed by atoms with Crippen LogP contribution in [0.5, 0.6) is 0 Å². The van der Waals surface area contributed by atoms with Crippen molar-refractivity contribution in [2.24, 2.45) is 0 Å². The third kappa shape index (κ3) is 2.11. The number of hydrogen-bond acceptors (Lipinski definition) is 1. The van der Waals surface area contributed by atoms with Gasteiger partial charge >= 0.3 is 0 Å². The minimum Gasteiger partial charge on any atom is -0.354 e. The molecule has 0 saturated heterocycles. The maximum Gasteiger partial charge on any atom is 0.152 e. The first kappa shape index (κ1) is 13.2. The summed E-state index contributed by atoms with van der Waals surface area (Å²) in [6.07, 6.45) is 0.871. The summed E-state index contributed by atoms with van der Waals surface area (Å²) in [5.41, 5.74) is 4.29. The van der Waals surface area contributed by atoms with E-state index in [1.165, 1.54) is 0 Å². The fraction of sp³-hybridized carbons (Fsp3) is 0.0625. The average molecular weight is 304 g/mol. The van der Waals surface area contributed by atoms with Crippen LogP contribution in [-0.4, -0.2) is 11.3 Å². The topological polar surface area (TPSA) is 32.9 Å². The van der Waals surface area contributed by atoms with Gasteiger partial charge in [-0.25, -0.2) is 0 Å². The van der Waals surface area contributed by atoms with Crippen LogP contribution in [0.25, 0.3) is 22.2 Å². The molecule has 0 aliphatic rings. The maximum absolute atomic E-state index is 11.5. The smallest absolute Gasteiger partial charge is 0.152 e. The number of aryl methyl sites for hydroxylation is 1. The summed E-state index contributed by atoms with van der Waals surface area (Å²) in [5.74, 6) is 0. The Morgan fingerprint density at radius 2 is 1.85 bits per heavy atom. The molecular formula is C16H11Cl2NO. The molecule has 1 heterocycles. The number of carbonyl (C=O) groups is 1. The molecule has 2 aromatic carbocycles. The minimum atomic E-state index is 0.468. The Morgan fingerprint density at radius 1 is 1.05 bits per heavy atom. The molecule has 0 aliphatic heterocycles. The van der Waals surface area contributed by atoms with Crippen molar-refractivity contribution < 1.29 is 4.79 Å². The lowest BCUT2D eigenvalue weighted by molar-refractivity contribution is 0.112. The molecule has 0 atom stereocenters. The van der Waals surface area contributed by atoms with Gasteiger partial charge in [0, 0.05) is 22.0 Å². The van der Waals surface area contributed by atoms with Gasteiger partial charge in [-0.2, -0.15) is 0 Å². The van der Waals surface area contributed by atoms with E-state index in [1.54, 1.807) is 12.1 Å². The zero-order valence-corrected chi connectivity index (χ0v) is 12.2. The molecule has 0 unspecified atom stereocenters. The standard InChI is InChI=1S/C16H11Cl2NO/c1-9-2-5-15-11(6-9)12(8-20)16(19-15)10-3-4-13(17)14(18)7-10/h2-8,19H,1H3. The van der Waals surface area contributed by atoms with E-state index >= 15 is 0 Å². The maximum atomic E-state index is 11.5. The molecule has 3 rings (SSSR count). The highest BCUT2D eigenvalue weighted by atomic mass is 35.5. The van der Waals surface area contributed by atoms with E-state index in [0.717, 1.165) is 34.0 Å². The summed E-state index contributed by atoms with van der Waals surface area (Å²) in [4.78, 5) is 14.7. The lowest BCUT2D eigenvalue weighted by atomic mass is 10.1. The Bertz CT molecular complexity index is 821.